The highest BCUT2D eigenvalue weighted by molar-refractivity contribution is 6.14. The number of nitrogen functional groups attached to an aromatic ring is 1. The monoisotopic (exact) mass is 339 g/mol. The van der Waals surface area contributed by atoms with Crippen LogP contribution < -0.4 is 10.5 Å². The predicted octanol–water partition coefficient (Wildman–Crippen LogP) is 3.11. The maximum atomic E-state index is 13.4. The van der Waals surface area contributed by atoms with Crippen molar-refractivity contribution >= 4 is 33.5 Å². The number of aromatic amines is 1. The lowest BCUT2D eigenvalue weighted by molar-refractivity contribution is -0.139. The minimum absolute atomic E-state index is 0.0455. The van der Waals surface area contributed by atoms with Crippen LogP contribution in [0.2, 0.25) is 0 Å². The first-order valence-corrected chi connectivity index (χ1v) is 6.72. The number of anilines is 1. The normalized spacial score (nSPS) is 11.9. The molecule has 0 saturated heterocycles. The minimum Gasteiger partial charge on any atom is -0.497 e. The van der Waals surface area contributed by atoms with Crippen molar-refractivity contribution in [2.24, 2.45) is 0 Å². The molecular weight excluding hydrogens is 327 g/mol. The van der Waals surface area contributed by atoms with Gasteiger partial charge >= 0.3 is 12.1 Å². The number of ether oxygens (including phenoxy) is 2. The molecule has 1 aromatic carbocycles. The molecule has 2 heterocycles. The topological polar surface area (TPSA) is 90.2 Å². The Morgan fingerprint density at radius 2 is 2.00 bits per heavy atom. The molecule has 126 valence electrons. The zero-order chi connectivity index (χ0) is 17.6. The summed E-state index contributed by atoms with van der Waals surface area (Å²) in [6, 6.07) is 4.41. The standard InChI is InChI=1S/C15H12F3N3O3/c1-23-6-3-4-8-7(5-6)11-9(13(20-8)15(16,17)18)10(19)12(21-11)14(22)24-2/h3-5,21H,19H2,1-2H3. The molecule has 3 rings (SSSR count). The lowest BCUT2D eigenvalue weighted by Gasteiger charge is -2.11. The molecule has 6 nitrogen and oxygen atoms in total. The molecule has 0 unspecified atom stereocenters. The number of rotatable bonds is 2. The maximum absolute atomic E-state index is 13.4. The lowest BCUT2D eigenvalue weighted by atomic mass is 10.1. The molecule has 0 radical (unpaired) electrons. The number of methoxy groups -OCH3 is 2. The van der Waals surface area contributed by atoms with E-state index in [1.165, 1.54) is 25.3 Å². The fourth-order valence-corrected chi connectivity index (χ4v) is 2.55. The van der Waals surface area contributed by atoms with Crippen molar-refractivity contribution < 1.29 is 27.4 Å². The van der Waals surface area contributed by atoms with Crippen LogP contribution in [0, 0.1) is 0 Å². The summed E-state index contributed by atoms with van der Waals surface area (Å²) in [5.41, 5.74) is 4.13. The Balaban J connectivity index is 2.51. The Morgan fingerprint density at radius 3 is 2.58 bits per heavy atom. The zero-order valence-electron chi connectivity index (χ0n) is 12.6. The van der Waals surface area contributed by atoms with Gasteiger partial charge in [-0.25, -0.2) is 9.78 Å². The van der Waals surface area contributed by atoms with Crippen molar-refractivity contribution in [3.63, 3.8) is 0 Å². The highest BCUT2D eigenvalue weighted by atomic mass is 19.4. The number of hydrogen-bond acceptors (Lipinski definition) is 5. The molecule has 0 aliphatic heterocycles. The molecule has 0 fully saturated rings. The number of fused-ring (bicyclic) bond motifs is 3. The Kier molecular flexibility index (Phi) is 3.51. The fourth-order valence-electron chi connectivity index (χ4n) is 2.55. The Bertz CT molecular complexity index is 963. The Hall–Kier alpha value is -2.97. The first kappa shape index (κ1) is 15.9. The van der Waals surface area contributed by atoms with Crippen molar-refractivity contribution in [2.45, 2.75) is 6.18 Å². The van der Waals surface area contributed by atoms with Crippen LogP contribution in [0.4, 0.5) is 18.9 Å². The number of nitrogens with one attached hydrogen (secondary N) is 1. The first-order valence-electron chi connectivity index (χ1n) is 6.72. The number of aromatic nitrogens is 2. The summed E-state index contributed by atoms with van der Waals surface area (Å²) in [6.07, 6.45) is -4.74. The van der Waals surface area contributed by atoms with E-state index in [0.717, 1.165) is 7.11 Å². The van der Waals surface area contributed by atoms with Gasteiger partial charge in [-0.05, 0) is 18.2 Å². The second-order valence-corrected chi connectivity index (χ2v) is 5.00. The van der Waals surface area contributed by atoms with Crippen LogP contribution >= 0.6 is 0 Å². The van der Waals surface area contributed by atoms with Gasteiger partial charge in [-0.2, -0.15) is 13.2 Å². The summed E-state index contributed by atoms with van der Waals surface area (Å²) >= 11 is 0. The van der Waals surface area contributed by atoms with E-state index in [-0.39, 0.29) is 27.8 Å². The van der Waals surface area contributed by atoms with E-state index >= 15 is 0 Å². The van der Waals surface area contributed by atoms with Crippen LogP contribution in [0.25, 0.3) is 21.8 Å². The molecule has 9 heteroatoms. The second kappa shape index (κ2) is 5.29. The summed E-state index contributed by atoms with van der Waals surface area (Å²) in [5.74, 6) is -0.439. The second-order valence-electron chi connectivity index (χ2n) is 5.00. The molecular formula is C15H12F3N3O3. The number of esters is 1. The quantitative estimate of drug-likeness (QED) is 0.700. The van der Waals surface area contributed by atoms with Crippen LogP contribution in [-0.4, -0.2) is 30.2 Å². The fraction of sp³-hybridized carbons (Fsp3) is 0.200. The number of carbonyl (C=O) groups excluding carboxylic acids is 1. The molecule has 0 atom stereocenters. The van der Waals surface area contributed by atoms with Crippen molar-refractivity contribution in [2.75, 3.05) is 20.0 Å². The smallest absolute Gasteiger partial charge is 0.434 e. The molecule has 0 amide bonds. The number of halogens is 3. The lowest BCUT2D eigenvalue weighted by Crippen LogP contribution is -2.10. The number of H-pyrrole nitrogens is 1. The third-order valence-corrected chi connectivity index (χ3v) is 3.64. The number of nitrogens with zero attached hydrogens (tertiary/aromatic N) is 1. The van der Waals surface area contributed by atoms with Crippen LogP contribution in [0.15, 0.2) is 18.2 Å². The highest BCUT2D eigenvalue weighted by Crippen LogP contribution is 2.41. The van der Waals surface area contributed by atoms with E-state index in [9.17, 15) is 18.0 Å². The van der Waals surface area contributed by atoms with Gasteiger partial charge in [0.15, 0.2) is 5.69 Å². The van der Waals surface area contributed by atoms with Gasteiger partial charge in [0.25, 0.3) is 0 Å². The summed E-state index contributed by atoms with van der Waals surface area (Å²) in [5, 5.41) is -0.0251. The summed E-state index contributed by atoms with van der Waals surface area (Å²) < 4.78 is 49.8. The SMILES string of the molecule is COC(=O)c1[nH]c2c(c(C(F)(F)F)nc3ccc(OC)cc32)c1N. The predicted molar refractivity (Wildman–Crippen MR) is 80.9 cm³/mol. The van der Waals surface area contributed by atoms with Crippen LogP contribution in [0.1, 0.15) is 16.2 Å². The summed E-state index contributed by atoms with van der Waals surface area (Å²) in [4.78, 5) is 18.1. The third kappa shape index (κ3) is 2.29. The van der Waals surface area contributed by atoms with E-state index in [4.69, 9.17) is 10.5 Å². The van der Waals surface area contributed by atoms with E-state index in [2.05, 4.69) is 14.7 Å². The van der Waals surface area contributed by atoms with Crippen LogP contribution in [0.3, 0.4) is 0 Å². The van der Waals surface area contributed by atoms with Crippen LogP contribution in [0.5, 0.6) is 5.75 Å². The van der Waals surface area contributed by atoms with Crippen molar-refractivity contribution in [3.8, 4) is 5.75 Å². The molecule has 3 N–H and O–H groups in total. The van der Waals surface area contributed by atoms with Crippen molar-refractivity contribution in [1.82, 2.24) is 9.97 Å². The largest absolute Gasteiger partial charge is 0.497 e. The molecule has 0 aliphatic carbocycles. The highest BCUT2D eigenvalue weighted by Gasteiger charge is 2.37. The molecule has 0 bridgehead atoms. The van der Waals surface area contributed by atoms with E-state index in [1.54, 1.807) is 0 Å². The van der Waals surface area contributed by atoms with Crippen molar-refractivity contribution in [1.29, 1.82) is 0 Å². The van der Waals surface area contributed by atoms with E-state index in [1.807, 2.05) is 0 Å². The molecule has 24 heavy (non-hydrogen) atoms. The average Bonchev–Trinajstić information content (AvgIpc) is 2.90. The van der Waals surface area contributed by atoms with Gasteiger partial charge in [0.05, 0.1) is 36.3 Å². The number of benzene rings is 1. The van der Waals surface area contributed by atoms with Crippen molar-refractivity contribution in [3.05, 3.63) is 29.6 Å². The Labute approximate surface area is 133 Å². The number of alkyl halides is 3. The summed E-state index contributed by atoms with van der Waals surface area (Å²) in [6.45, 7) is 0. The van der Waals surface area contributed by atoms with E-state index in [0.29, 0.717) is 11.1 Å². The average molecular weight is 339 g/mol. The number of pyridine rings is 1. The van der Waals surface area contributed by atoms with Crippen LogP contribution in [-0.2, 0) is 10.9 Å². The number of hydrogen-bond donors (Lipinski definition) is 2. The summed E-state index contributed by atoms with van der Waals surface area (Å²) in [7, 11) is 2.54. The Morgan fingerprint density at radius 1 is 1.29 bits per heavy atom. The first-order chi connectivity index (χ1) is 11.3. The van der Waals surface area contributed by atoms with Gasteiger partial charge in [-0.1, -0.05) is 0 Å². The molecule has 0 spiro atoms. The molecule has 0 aliphatic rings. The van der Waals surface area contributed by atoms with E-state index < -0.39 is 17.8 Å². The third-order valence-electron chi connectivity index (χ3n) is 3.64. The van der Waals surface area contributed by atoms with Gasteiger partial charge < -0.3 is 20.2 Å². The van der Waals surface area contributed by atoms with Gasteiger partial charge in [0.1, 0.15) is 11.4 Å². The molecule has 3 aromatic rings. The van der Waals surface area contributed by atoms with Gasteiger partial charge in [0.2, 0.25) is 0 Å². The molecule has 0 saturated carbocycles. The van der Waals surface area contributed by atoms with Gasteiger partial charge in [-0.15, -0.1) is 0 Å². The molecule has 2 aromatic heterocycles. The maximum Gasteiger partial charge on any atom is 0.434 e. The van der Waals surface area contributed by atoms with Gasteiger partial charge in [-0.3, -0.25) is 0 Å². The number of carbonyl (C=O) groups is 1. The van der Waals surface area contributed by atoms with Gasteiger partial charge in [0, 0.05) is 5.39 Å². The minimum atomic E-state index is -4.74. The number of nitrogens with two attached hydrogens (primary N) is 1. The zero-order valence-corrected chi connectivity index (χ0v) is 12.6.